The van der Waals surface area contributed by atoms with Crippen LogP contribution in [0.5, 0.6) is 0 Å². The lowest BCUT2D eigenvalue weighted by atomic mass is 9.95. The molecule has 0 saturated heterocycles. The number of Topliss-reactive ketones (excluding diaryl/α,β-unsaturated/α-hetero) is 1. The lowest BCUT2D eigenvalue weighted by molar-refractivity contribution is -0.120. The van der Waals surface area contributed by atoms with Gasteiger partial charge in [-0.1, -0.05) is 0 Å². The van der Waals surface area contributed by atoms with Crippen LogP contribution in [0.25, 0.3) is 0 Å². The highest BCUT2D eigenvalue weighted by molar-refractivity contribution is 7.87. The molecule has 0 unspecified atom stereocenters. The summed E-state index contributed by atoms with van der Waals surface area (Å²) in [6, 6.07) is -0.113. The normalized spacial score (nSPS) is 20.1. The van der Waals surface area contributed by atoms with Crippen LogP contribution in [-0.4, -0.2) is 25.8 Å². The van der Waals surface area contributed by atoms with E-state index in [-0.39, 0.29) is 11.8 Å². The molecule has 0 radical (unpaired) electrons. The first-order valence-electron chi connectivity index (χ1n) is 5.51. The molecule has 0 aromatic carbocycles. The third kappa shape index (κ3) is 5.05. The Morgan fingerprint density at radius 1 is 1.19 bits per heavy atom. The molecule has 1 fully saturated rings. The Kier molecular flexibility index (Phi) is 4.09. The zero-order valence-corrected chi connectivity index (χ0v) is 10.9. The molecule has 0 spiro atoms. The third-order valence-electron chi connectivity index (χ3n) is 2.31. The topological polar surface area (TPSA) is 75.3 Å². The Morgan fingerprint density at radius 3 is 2.12 bits per heavy atom. The van der Waals surface area contributed by atoms with E-state index in [1.165, 1.54) is 0 Å². The van der Waals surface area contributed by atoms with Gasteiger partial charge in [0.25, 0.3) is 10.2 Å². The third-order valence-corrected chi connectivity index (χ3v) is 3.83. The van der Waals surface area contributed by atoms with Crippen molar-refractivity contribution in [3.05, 3.63) is 0 Å². The van der Waals surface area contributed by atoms with Gasteiger partial charge >= 0.3 is 0 Å². The van der Waals surface area contributed by atoms with Crippen molar-refractivity contribution in [1.29, 1.82) is 0 Å². The Balaban J connectivity index is 2.50. The molecule has 2 N–H and O–H groups in total. The first kappa shape index (κ1) is 13.6. The molecule has 0 amide bonds. The summed E-state index contributed by atoms with van der Waals surface area (Å²) < 4.78 is 28.5. The van der Waals surface area contributed by atoms with Crippen LogP contribution in [0.4, 0.5) is 0 Å². The van der Waals surface area contributed by atoms with Crippen LogP contribution in [-0.2, 0) is 15.0 Å². The summed E-state index contributed by atoms with van der Waals surface area (Å²) in [7, 11) is -3.47. The van der Waals surface area contributed by atoms with Gasteiger partial charge in [0.1, 0.15) is 5.78 Å². The summed E-state index contributed by atoms with van der Waals surface area (Å²) in [4.78, 5) is 11.0. The quantitative estimate of drug-likeness (QED) is 0.772. The number of carbonyl (C=O) groups is 1. The summed E-state index contributed by atoms with van der Waals surface area (Å²) >= 11 is 0. The highest BCUT2D eigenvalue weighted by atomic mass is 32.2. The minimum Gasteiger partial charge on any atom is -0.300 e. The van der Waals surface area contributed by atoms with Gasteiger partial charge in [-0.3, -0.25) is 4.79 Å². The smallest absolute Gasteiger partial charge is 0.277 e. The van der Waals surface area contributed by atoms with E-state index >= 15 is 0 Å². The van der Waals surface area contributed by atoms with E-state index in [9.17, 15) is 13.2 Å². The van der Waals surface area contributed by atoms with E-state index in [0.717, 1.165) is 0 Å². The molecule has 0 aliphatic heterocycles. The maximum absolute atomic E-state index is 11.7. The fourth-order valence-electron chi connectivity index (χ4n) is 1.71. The highest BCUT2D eigenvalue weighted by Gasteiger charge is 2.25. The van der Waals surface area contributed by atoms with Gasteiger partial charge < -0.3 is 0 Å². The molecule has 1 rings (SSSR count). The Labute approximate surface area is 97.2 Å². The van der Waals surface area contributed by atoms with E-state index in [0.29, 0.717) is 25.7 Å². The lowest BCUT2D eigenvalue weighted by Crippen LogP contribution is -2.50. The van der Waals surface area contributed by atoms with E-state index in [1.54, 1.807) is 20.8 Å². The Hall–Kier alpha value is -0.460. The minimum absolute atomic E-state index is 0.113. The molecule has 5 nitrogen and oxygen atoms in total. The van der Waals surface area contributed by atoms with Gasteiger partial charge in [-0.15, -0.1) is 0 Å². The molecule has 0 aromatic heterocycles. The fourth-order valence-corrected chi connectivity index (χ4v) is 3.25. The lowest BCUT2D eigenvalue weighted by Gasteiger charge is -2.26. The van der Waals surface area contributed by atoms with Gasteiger partial charge in [0, 0.05) is 24.4 Å². The molecule has 1 saturated carbocycles. The minimum atomic E-state index is -3.47. The molecule has 1 aliphatic rings. The van der Waals surface area contributed by atoms with Crippen molar-refractivity contribution in [2.24, 2.45) is 0 Å². The van der Waals surface area contributed by atoms with Crippen molar-refractivity contribution in [2.45, 2.75) is 58.0 Å². The molecule has 0 atom stereocenters. The van der Waals surface area contributed by atoms with Gasteiger partial charge in [0.05, 0.1) is 0 Å². The highest BCUT2D eigenvalue weighted by Crippen LogP contribution is 2.15. The summed E-state index contributed by atoms with van der Waals surface area (Å²) in [5, 5.41) is 0. The van der Waals surface area contributed by atoms with Crippen LogP contribution in [0, 0.1) is 0 Å². The van der Waals surface area contributed by atoms with Crippen molar-refractivity contribution in [2.75, 3.05) is 0 Å². The summed E-state index contributed by atoms with van der Waals surface area (Å²) in [5.41, 5.74) is -0.490. The largest absolute Gasteiger partial charge is 0.300 e. The van der Waals surface area contributed by atoms with Crippen LogP contribution in [0.3, 0.4) is 0 Å². The molecular formula is C10H20N2O3S. The molecule has 0 aromatic rings. The molecule has 0 bridgehead atoms. The molecule has 94 valence electrons. The first-order valence-corrected chi connectivity index (χ1v) is 6.99. The van der Waals surface area contributed by atoms with E-state index in [2.05, 4.69) is 9.44 Å². The standard InChI is InChI=1S/C10H20N2O3S/c1-10(2,3)12-16(14,15)11-8-4-6-9(13)7-5-8/h8,11-12H,4-7H2,1-3H3. The summed E-state index contributed by atoms with van der Waals surface area (Å²) in [5.74, 6) is 0.222. The zero-order valence-electron chi connectivity index (χ0n) is 10.0. The molecule has 16 heavy (non-hydrogen) atoms. The van der Waals surface area contributed by atoms with Crippen molar-refractivity contribution < 1.29 is 13.2 Å². The molecule has 1 aliphatic carbocycles. The van der Waals surface area contributed by atoms with Gasteiger partial charge in [0.2, 0.25) is 0 Å². The van der Waals surface area contributed by atoms with E-state index < -0.39 is 15.7 Å². The van der Waals surface area contributed by atoms with Crippen LogP contribution in [0.1, 0.15) is 46.5 Å². The number of nitrogens with one attached hydrogen (secondary N) is 2. The Morgan fingerprint density at radius 2 is 1.69 bits per heavy atom. The van der Waals surface area contributed by atoms with E-state index in [4.69, 9.17) is 0 Å². The van der Waals surface area contributed by atoms with Crippen LogP contribution < -0.4 is 9.44 Å². The van der Waals surface area contributed by atoms with Crippen molar-refractivity contribution in [3.8, 4) is 0 Å². The average Bonchev–Trinajstić information content (AvgIpc) is 2.04. The van der Waals surface area contributed by atoms with Crippen LogP contribution in [0.2, 0.25) is 0 Å². The second-order valence-corrected chi connectivity index (χ2v) is 6.73. The summed E-state index contributed by atoms with van der Waals surface area (Å²) in [6.07, 6.45) is 2.15. The van der Waals surface area contributed by atoms with Crippen LogP contribution >= 0.6 is 0 Å². The number of carbonyl (C=O) groups excluding carboxylic acids is 1. The summed E-state index contributed by atoms with van der Waals surface area (Å²) in [6.45, 7) is 5.36. The van der Waals surface area contributed by atoms with Gasteiger partial charge in [-0.25, -0.2) is 0 Å². The van der Waals surface area contributed by atoms with Crippen molar-refractivity contribution in [1.82, 2.24) is 9.44 Å². The van der Waals surface area contributed by atoms with Gasteiger partial charge in [-0.2, -0.15) is 17.9 Å². The first-order chi connectivity index (χ1) is 7.18. The zero-order chi connectivity index (χ0) is 12.4. The Bertz CT molecular complexity index is 347. The molecule has 6 heteroatoms. The van der Waals surface area contributed by atoms with Gasteiger partial charge in [0.15, 0.2) is 0 Å². The second kappa shape index (κ2) is 4.81. The van der Waals surface area contributed by atoms with E-state index in [1.807, 2.05) is 0 Å². The monoisotopic (exact) mass is 248 g/mol. The predicted molar refractivity (Wildman–Crippen MR) is 62.2 cm³/mol. The predicted octanol–water partition coefficient (Wildman–Crippen LogP) is 0.721. The van der Waals surface area contributed by atoms with Gasteiger partial charge in [-0.05, 0) is 33.6 Å². The second-order valence-electron chi connectivity index (χ2n) is 5.29. The number of ketones is 1. The van der Waals surface area contributed by atoms with Crippen molar-refractivity contribution >= 4 is 16.0 Å². The maximum atomic E-state index is 11.7. The average molecular weight is 248 g/mol. The van der Waals surface area contributed by atoms with Crippen molar-refractivity contribution in [3.63, 3.8) is 0 Å². The molecular weight excluding hydrogens is 228 g/mol. The number of rotatable bonds is 3. The maximum Gasteiger partial charge on any atom is 0.277 e. The molecule has 0 heterocycles. The number of hydrogen-bond donors (Lipinski definition) is 2. The number of hydrogen-bond acceptors (Lipinski definition) is 3. The van der Waals surface area contributed by atoms with Crippen LogP contribution in [0.15, 0.2) is 0 Å². The SMILES string of the molecule is CC(C)(C)NS(=O)(=O)NC1CCC(=O)CC1. The fraction of sp³-hybridized carbons (Fsp3) is 0.900.